The first-order valence-corrected chi connectivity index (χ1v) is 16.5. The predicted octanol–water partition coefficient (Wildman–Crippen LogP) is 3.04. The first-order chi connectivity index (χ1) is 23.1. The number of hydrogen-bond acceptors (Lipinski definition) is 11. The predicted molar refractivity (Wildman–Crippen MR) is 168 cm³/mol. The molecule has 6 rings (SSSR count). The fraction of sp³-hybridized carbons (Fsp3) is 0.273. The van der Waals surface area contributed by atoms with E-state index in [0.717, 1.165) is 5.56 Å². The van der Waals surface area contributed by atoms with E-state index < -0.39 is 26.4 Å². The molecule has 0 spiro atoms. The minimum atomic E-state index is -4.26. The molecule has 48 heavy (non-hydrogen) atoms. The van der Waals surface area contributed by atoms with Gasteiger partial charge in [0.15, 0.2) is 0 Å². The van der Waals surface area contributed by atoms with Gasteiger partial charge in [-0.15, -0.1) is 0 Å². The highest BCUT2D eigenvalue weighted by molar-refractivity contribution is 7.91. The van der Waals surface area contributed by atoms with Crippen LogP contribution >= 0.6 is 0 Å². The Morgan fingerprint density at radius 3 is 2.44 bits per heavy atom. The van der Waals surface area contributed by atoms with Gasteiger partial charge in [-0.05, 0) is 59.4 Å². The van der Waals surface area contributed by atoms with Crippen LogP contribution in [0.25, 0.3) is 11.0 Å². The van der Waals surface area contributed by atoms with E-state index in [9.17, 15) is 27.6 Å². The van der Waals surface area contributed by atoms with E-state index in [1.54, 1.807) is 42.2 Å². The van der Waals surface area contributed by atoms with E-state index in [1.807, 2.05) is 0 Å². The molecule has 1 saturated heterocycles. The topological polar surface area (TPSA) is 159 Å². The average Bonchev–Trinajstić information content (AvgIpc) is 3.47. The number of carbonyl (C=O) groups excluding carboxylic acids is 1. The molecule has 0 aliphatic carbocycles. The fourth-order valence-electron chi connectivity index (χ4n) is 5.47. The highest BCUT2D eigenvalue weighted by Crippen LogP contribution is 2.26. The lowest BCUT2D eigenvalue weighted by Crippen LogP contribution is -2.49. The monoisotopic (exact) mass is 678 g/mol. The Kier molecular flexibility index (Phi) is 9.41. The van der Waals surface area contributed by atoms with Crippen LogP contribution < -0.4 is 20.0 Å². The van der Waals surface area contributed by atoms with Crippen molar-refractivity contribution >= 4 is 26.7 Å². The third kappa shape index (κ3) is 7.01. The highest BCUT2D eigenvalue weighted by Gasteiger charge is 2.35. The number of piperazine rings is 1. The lowest BCUT2D eigenvalue weighted by molar-refractivity contribution is -0.832. The molecule has 0 radical (unpaired) electrons. The number of aryl methyl sites for hydroxylation is 1. The van der Waals surface area contributed by atoms with Gasteiger partial charge in [0.25, 0.3) is 9.84 Å². The summed E-state index contributed by atoms with van der Waals surface area (Å²) in [7, 11) is -4.26. The third-order valence-electron chi connectivity index (χ3n) is 8.08. The van der Waals surface area contributed by atoms with E-state index in [2.05, 4.69) is 14.7 Å². The Balaban J connectivity index is 1.05. The van der Waals surface area contributed by atoms with Crippen molar-refractivity contribution in [3.8, 4) is 11.6 Å². The molecule has 0 N–H and O–H groups in total. The summed E-state index contributed by atoms with van der Waals surface area (Å²) in [5.41, 5.74) is 1.56. The van der Waals surface area contributed by atoms with Crippen LogP contribution in [-0.4, -0.2) is 68.7 Å². The van der Waals surface area contributed by atoms with Crippen molar-refractivity contribution in [2.45, 2.75) is 29.8 Å². The van der Waals surface area contributed by atoms with Gasteiger partial charge in [0.05, 0.1) is 22.0 Å². The van der Waals surface area contributed by atoms with Crippen LogP contribution in [0.5, 0.6) is 11.6 Å². The zero-order valence-electron chi connectivity index (χ0n) is 25.8. The van der Waals surface area contributed by atoms with E-state index in [0.29, 0.717) is 49.4 Å². The number of nitrogens with zero attached hydrogens (tertiary/aromatic N) is 4. The maximum absolute atomic E-state index is 13.2. The molecule has 3 aromatic carbocycles. The number of benzene rings is 3. The molecule has 0 bridgehead atoms. The largest absolute Gasteiger partial charge is 0.490 e. The molecule has 3 heterocycles. The maximum Gasteiger partial charge on any atom is 0.415 e. The van der Waals surface area contributed by atoms with Crippen LogP contribution in [0.2, 0.25) is 0 Å². The number of rotatable bonds is 11. The van der Waals surface area contributed by atoms with Gasteiger partial charge in [-0.2, -0.15) is 0 Å². The normalized spacial score (nSPS) is 13.9. The van der Waals surface area contributed by atoms with E-state index in [1.165, 1.54) is 42.5 Å². The third-order valence-corrected chi connectivity index (χ3v) is 9.80. The summed E-state index contributed by atoms with van der Waals surface area (Å²) < 4.78 is 60.2. The molecule has 250 valence electrons. The summed E-state index contributed by atoms with van der Waals surface area (Å²) in [5.74, 6) is -0.613. The quantitative estimate of drug-likeness (QED) is 0.115. The Labute approximate surface area is 274 Å². The maximum atomic E-state index is 13.2. The second-order valence-corrected chi connectivity index (χ2v) is 13.0. The number of hydrogen-bond donors (Lipinski definition) is 0. The average molecular weight is 679 g/mol. The van der Waals surface area contributed by atoms with Gasteiger partial charge in [-0.3, -0.25) is 14.3 Å². The SMILES string of the molecule is Cc1c(CC(=O)N2CCN(Cc3ccc(F)cc3)CC2)c(=O)oc2cc(OCCOc3no[n+]([O-])c3S(=O)(=O)c3ccccc3)ccc12. The Morgan fingerprint density at radius 1 is 1.00 bits per heavy atom. The zero-order valence-corrected chi connectivity index (χ0v) is 26.7. The Bertz CT molecular complexity index is 2090. The van der Waals surface area contributed by atoms with Gasteiger partial charge >= 0.3 is 16.5 Å². The summed E-state index contributed by atoms with van der Waals surface area (Å²) in [5, 5.41) is 15.3. The number of amides is 1. The van der Waals surface area contributed by atoms with E-state index >= 15 is 0 Å². The van der Waals surface area contributed by atoms with Gasteiger partial charge in [0, 0.05) is 44.2 Å². The highest BCUT2D eigenvalue weighted by atomic mass is 32.2. The molecule has 13 nitrogen and oxygen atoms in total. The van der Waals surface area contributed by atoms with Crippen molar-refractivity contribution in [1.29, 1.82) is 0 Å². The number of aromatic nitrogens is 2. The van der Waals surface area contributed by atoms with E-state index in [4.69, 9.17) is 13.9 Å². The lowest BCUT2D eigenvalue weighted by atomic mass is 10.0. The van der Waals surface area contributed by atoms with Crippen LogP contribution in [0.1, 0.15) is 16.7 Å². The number of sulfone groups is 1. The minimum Gasteiger partial charge on any atom is -0.490 e. The van der Waals surface area contributed by atoms with Crippen molar-refractivity contribution in [1.82, 2.24) is 15.0 Å². The summed E-state index contributed by atoms with van der Waals surface area (Å²) in [6, 6.07) is 18.6. The minimum absolute atomic E-state index is 0.0744. The van der Waals surface area contributed by atoms with Crippen LogP contribution in [0, 0.1) is 17.9 Å². The smallest absolute Gasteiger partial charge is 0.415 e. The molecule has 1 amide bonds. The van der Waals surface area contributed by atoms with Crippen molar-refractivity contribution in [3.63, 3.8) is 0 Å². The van der Waals surface area contributed by atoms with Gasteiger partial charge in [-0.1, -0.05) is 30.3 Å². The summed E-state index contributed by atoms with van der Waals surface area (Å²) >= 11 is 0. The summed E-state index contributed by atoms with van der Waals surface area (Å²) in [6.45, 7) is 4.51. The van der Waals surface area contributed by atoms with E-state index in [-0.39, 0.29) is 52.3 Å². The number of ether oxygens (including phenoxy) is 2. The van der Waals surface area contributed by atoms with Crippen LogP contribution in [0.15, 0.2) is 96.6 Å². The Hall–Kier alpha value is -5.28. The standard InChI is InChI=1S/C33H31FN4O9S/c1-22-27-12-11-25(44-17-18-45-31-32(38(41)47-35-31)48(42,43)26-5-3-2-4-6-26)19-29(27)46-33(40)28(22)20-30(39)37-15-13-36(14-16-37)21-23-7-9-24(34)10-8-23/h2-12,19H,13-18,20-21H2,1H3. The molecule has 1 aliphatic rings. The molecule has 0 unspecified atom stereocenters. The molecular formula is C33H31FN4O9S. The molecule has 1 fully saturated rings. The van der Waals surface area contributed by atoms with Gasteiger partial charge < -0.3 is 24.0 Å². The van der Waals surface area contributed by atoms with Crippen molar-refractivity contribution in [2.75, 3.05) is 39.4 Å². The molecule has 15 heteroatoms. The number of carbonyl (C=O) groups is 1. The molecule has 0 saturated carbocycles. The molecule has 0 atom stereocenters. The lowest BCUT2D eigenvalue weighted by Gasteiger charge is -2.34. The molecule has 2 aromatic heterocycles. The van der Waals surface area contributed by atoms with Crippen LogP contribution in [0.3, 0.4) is 0 Å². The zero-order chi connectivity index (χ0) is 33.8. The Morgan fingerprint density at radius 2 is 1.71 bits per heavy atom. The molecule has 1 aliphatic heterocycles. The summed E-state index contributed by atoms with van der Waals surface area (Å²) in [4.78, 5) is 29.7. The second kappa shape index (κ2) is 13.8. The van der Waals surface area contributed by atoms with Crippen molar-refractivity contribution in [3.05, 3.63) is 111 Å². The summed E-state index contributed by atoms with van der Waals surface area (Å²) in [6.07, 6.45) is -0.0922. The van der Waals surface area contributed by atoms with Gasteiger partial charge in [0.1, 0.15) is 30.4 Å². The van der Waals surface area contributed by atoms with Crippen molar-refractivity contribution < 1.29 is 41.0 Å². The first-order valence-electron chi connectivity index (χ1n) is 15.1. The second-order valence-electron chi connectivity index (χ2n) is 11.2. The van der Waals surface area contributed by atoms with Crippen LogP contribution in [0.4, 0.5) is 4.39 Å². The number of fused-ring (bicyclic) bond motifs is 1. The molecule has 5 aromatic rings. The first kappa shape index (κ1) is 32.7. The molecular weight excluding hydrogens is 647 g/mol. The van der Waals surface area contributed by atoms with Crippen molar-refractivity contribution in [2.24, 2.45) is 0 Å². The van der Waals surface area contributed by atoms with Gasteiger partial charge in [0.2, 0.25) is 5.91 Å². The van der Waals surface area contributed by atoms with Crippen LogP contribution in [-0.2, 0) is 27.6 Å². The van der Waals surface area contributed by atoms with Gasteiger partial charge in [-0.25, -0.2) is 17.6 Å². The number of halogens is 1. The fourth-order valence-corrected chi connectivity index (χ4v) is 6.77.